The van der Waals surface area contributed by atoms with Gasteiger partial charge in [-0.25, -0.2) is 0 Å². The van der Waals surface area contributed by atoms with Crippen LogP contribution in [0.4, 0.5) is 0 Å². The highest BCUT2D eigenvalue weighted by Gasteiger charge is 1.52. The second-order valence-electron chi connectivity index (χ2n) is 14.0. The molecule has 0 heterocycles. The molecular formula is C113H4. The molecule has 0 saturated carbocycles. The lowest BCUT2D eigenvalue weighted by atomic mass is 10.6. The molecule has 0 saturated heterocycles. The van der Waals surface area contributed by atoms with Crippen LogP contribution >= 0.6 is 0 Å². The molecule has 0 aliphatic rings. The van der Waals surface area contributed by atoms with Gasteiger partial charge >= 0.3 is 0 Å². The molecule has 0 bridgehead atoms. The third-order valence-electron chi connectivity index (χ3n) is 6.93. The van der Waals surface area contributed by atoms with Gasteiger partial charge in [0.2, 0.25) is 0 Å². The highest BCUT2D eigenvalue weighted by atomic mass is 13.5. The minimum Gasteiger partial charge on any atom is -0.0687 e. The fraction of sp³-hybridized carbons (Fsp3) is 0. The SMILES string of the molecule is C=C=C=C=C=C=C=C=C=C=C=C=C=C=C=C=C=C=C=C=C=C=C=C=C=C=C=C=C=C=C=C=C=C=C=C=C=C=C=C=C=C=C=C=C=C=C=C=C=C=C=C=C=C=C=C=C=C=C=C=C=C=C=C=C=C=C=C=C=C=C=C=C=C=C=C=C=C=C=C=C=C=C=C=C=C=C=C=C=C=C=C=C=C=C=C=C=C=C=C=C=C=C=C=C=C=C=C=C=C=C=C=C. The summed E-state index contributed by atoms with van der Waals surface area (Å²) in [7, 11) is 0. The van der Waals surface area contributed by atoms with Crippen molar-refractivity contribution in [3.05, 3.63) is 649 Å². The van der Waals surface area contributed by atoms with E-state index in [1.807, 2.05) is 0 Å². The quantitative estimate of drug-likeness (QED) is 0.212. The Labute approximate surface area is 644 Å². The smallest absolute Gasteiger partial charge is 0 e. The first kappa shape index (κ1) is 88.3. The molecule has 0 amide bonds. The maximum absolute atomic E-state index is 3.32. The summed E-state index contributed by atoms with van der Waals surface area (Å²) in [6, 6.07) is 0. The summed E-state index contributed by atoms with van der Waals surface area (Å²) >= 11 is 0. The van der Waals surface area contributed by atoms with E-state index in [0.29, 0.717) is 0 Å². The van der Waals surface area contributed by atoms with Gasteiger partial charge in [-0.2, -0.15) is 0 Å². The Morgan fingerprint density at radius 1 is 0.0442 bits per heavy atom. The van der Waals surface area contributed by atoms with Gasteiger partial charge in [-0.05, 0) is 105 Å². The average molecular weight is 1360 g/mol. The summed E-state index contributed by atoms with van der Waals surface area (Å²) in [5, 5.41) is 0. The molecule has 0 atom stereocenters. The van der Waals surface area contributed by atoms with Crippen LogP contribution < -0.4 is 0 Å². The van der Waals surface area contributed by atoms with Crippen molar-refractivity contribution in [3.63, 3.8) is 0 Å². The first-order valence-corrected chi connectivity index (χ1v) is 28.2. The lowest BCUT2D eigenvalue weighted by Crippen LogP contribution is -1.26. The van der Waals surface area contributed by atoms with Crippen LogP contribution in [-0.2, 0) is 0 Å². The van der Waals surface area contributed by atoms with Crippen LogP contribution in [0, 0.1) is 0 Å². The van der Waals surface area contributed by atoms with E-state index in [1.54, 1.807) is 0 Å². The van der Waals surface area contributed by atoms with Crippen molar-refractivity contribution in [2.45, 2.75) is 0 Å². The molecule has 0 unspecified atom stereocenters. The summed E-state index contributed by atoms with van der Waals surface area (Å²) in [6.07, 6.45) is 0. The molecule has 0 radical (unpaired) electrons. The van der Waals surface area contributed by atoms with Crippen molar-refractivity contribution in [3.8, 4) is 0 Å². The summed E-state index contributed by atoms with van der Waals surface area (Å²) in [4.78, 5) is 0. The van der Waals surface area contributed by atoms with E-state index in [4.69, 9.17) is 0 Å². The number of hydrogen-bond acceptors (Lipinski definition) is 0. The van der Waals surface area contributed by atoms with Gasteiger partial charge in [0.05, 0.1) is 0 Å². The maximum Gasteiger partial charge on any atom is 0 e. The molecule has 0 fully saturated rings. The minimum absolute atomic E-state index is 2.37. The largest absolute Gasteiger partial charge is 0.0687 e. The van der Waals surface area contributed by atoms with Gasteiger partial charge in [0.15, 0.2) is 0 Å². The van der Waals surface area contributed by atoms with E-state index in [0.717, 1.165) is 0 Å². The summed E-state index contributed by atoms with van der Waals surface area (Å²) in [5.74, 6) is 0. The van der Waals surface area contributed by atoms with Crippen LogP contribution in [0.3, 0.4) is 0 Å². The monoisotopic (exact) mass is 1360 g/mol. The van der Waals surface area contributed by atoms with Crippen molar-refractivity contribution in [2.24, 2.45) is 0 Å². The molecule has 0 N–H and O–H groups in total. The van der Waals surface area contributed by atoms with Gasteiger partial charge in [0.1, 0.15) is 0 Å². The van der Waals surface area contributed by atoms with Crippen LogP contribution in [-0.4, -0.2) is 0 Å². The van der Waals surface area contributed by atoms with Gasteiger partial charge in [0.25, 0.3) is 0 Å². The van der Waals surface area contributed by atoms with Crippen molar-refractivity contribution in [1.82, 2.24) is 0 Å². The molecule has 456 valence electrons. The van der Waals surface area contributed by atoms with Crippen LogP contribution in [0.15, 0.2) is 649 Å². The molecule has 0 spiro atoms. The van der Waals surface area contributed by atoms with Crippen molar-refractivity contribution in [1.29, 1.82) is 0 Å². The first-order valence-electron chi connectivity index (χ1n) is 28.2. The lowest BCUT2D eigenvalue weighted by Gasteiger charge is -1.41. The Balaban J connectivity index is 6.19. The van der Waals surface area contributed by atoms with E-state index in [2.05, 4.69) is 649 Å². The van der Waals surface area contributed by atoms with Crippen LogP contribution in [0.5, 0.6) is 0 Å². The molecule has 0 aliphatic carbocycles. The van der Waals surface area contributed by atoms with Gasteiger partial charge in [0, 0.05) is 533 Å². The van der Waals surface area contributed by atoms with Gasteiger partial charge in [-0.1, -0.05) is 11.5 Å². The number of hydrogen-bond donors (Lipinski definition) is 0. The second kappa shape index (κ2) is 87.3. The molecule has 0 aliphatic heterocycles. The summed E-state index contributed by atoms with van der Waals surface area (Å²) in [5.41, 5.74) is 277. The zero-order valence-corrected chi connectivity index (χ0v) is 56.9. The Morgan fingerprint density at radius 2 is 0.0708 bits per heavy atom. The van der Waals surface area contributed by atoms with E-state index in [1.165, 1.54) is 0 Å². The summed E-state index contributed by atoms with van der Waals surface area (Å²) in [6.45, 7) is 6.64. The molecule has 0 heteroatoms. The van der Waals surface area contributed by atoms with Gasteiger partial charge in [-0.15, -0.1) is 0 Å². The number of rotatable bonds is 0. The first-order chi connectivity index (χ1) is 56.4. The topological polar surface area (TPSA) is 0 Å². The normalized spacial score (nSPS) is 3.96. The molecule has 0 nitrogen and oxygen atoms in total. The third kappa shape index (κ3) is 87.3. The zero-order valence-electron chi connectivity index (χ0n) is 56.9. The Morgan fingerprint density at radius 3 is 0.0973 bits per heavy atom. The Bertz CT molecular complexity index is 8520. The highest BCUT2D eigenvalue weighted by molar-refractivity contribution is 5.03. The second-order valence-corrected chi connectivity index (χ2v) is 14.0. The maximum atomic E-state index is 3.32. The molecule has 113 heavy (non-hydrogen) atoms. The van der Waals surface area contributed by atoms with Crippen molar-refractivity contribution in [2.75, 3.05) is 0 Å². The predicted molar refractivity (Wildman–Crippen MR) is 401 cm³/mol. The third-order valence-corrected chi connectivity index (χ3v) is 6.93. The van der Waals surface area contributed by atoms with Crippen molar-refractivity contribution < 1.29 is 0 Å². The van der Waals surface area contributed by atoms with E-state index in [-0.39, 0.29) is 0 Å². The van der Waals surface area contributed by atoms with Gasteiger partial charge in [-0.3, -0.25) is 0 Å². The van der Waals surface area contributed by atoms with Crippen LogP contribution in [0.2, 0.25) is 0 Å². The molecule has 0 aromatic carbocycles. The van der Waals surface area contributed by atoms with Crippen LogP contribution in [0.25, 0.3) is 0 Å². The molecular weight excluding hydrogens is 1360 g/mol. The highest BCUT2D eigenvalue weighted by Crippen LogP contribution is 1.68. The van der Waals surface area contributed by atoms with E-state index < -0.39 is 0 Å². The Hall–Kier alpha value is -24.7. The van der Waals surface area contributed by atoms with Crippen LogP contribution in [0.1, 0.15) is 0 Å². The fourth-order valence-electron chi connectivity index (χ4n) is 3.43. The predicted octanol–water partition coefficient (Wildman–Crippen LogP) is 18.0. The van der Waals surface area contributed by atoms with E-state index in [9.17, 15) is 0 Å². The Kier molecular flexibility index (Phi) is 68.2. The molecule has 0 aromatic rings. The van der Waals surface area contributed by atoms with Crippen molar-refractivity contribution >= 4 is 0 Å². The molecule has 0 aromatic heterocycles. The standard InChI is InChI=1S/C113H4/c1-3-5-7-9-11-13-15-17-19-21-23-25-27-29-31-33-35-37-39-41-43-45-47-49-51-53-55-57-59-61-63-65-67-69-71-73-75-77-79-81-83-85-87-89-91-93-95-97-99-101-103-105-107-109-111-113-112-110-108-106-104-102-100-98-96-94-92-90-88-86-84-82-80-78-76-74-72-70-68-66-64-62-60-58-56-54-52-50-48-46-44-42-40-38-36-34-32-30-28-26-24-22-20-18-16-14-12-10-8-6-4-2/h1-2H2. The molecule has 0 rings (SSSR count). The van der Waals surface area contributed by atoms with Gasteiger partial charge < -0.3 is 0 Å². The minimum atomic E-state index is 2.37. The fourth-order valence-corrected chi connectivity index (χ4v) is 3.43. The van der Waals surface area contributed by atoms with E-state index >= 15 is 0 Å². The summed E-state index contributed by atoms with van der Waals surface area (Å²) < 4.78 is 0. The lowest BCUT2D eigenvalue weighted by molar-refractivity contribution is 2.10. The average Bonchev–Trinajstić information content (AvgIpc) is 3.32. The zero-order chi connectivity index (χ0) is 80.5.